The summed E-state index contributed by atoms with van der Waals surface area (Å²) in [5, 5.41) is 0. The van der Waals surface area contributed by atoms with E-state index < -0.39 is 21.8 Å². The number of hydrogen-bond acceptors (Lipinski definition) is 8. The van der Waals surface area contributed by atoms with Crippen LogP contribution in [0.1, 0.15) is 13.8 Å². The lowest BCUT2D eigenvalue weighted by Gasteiger charge is -2.15. The lowest BCUT2D eigenvalue weighted by atomic mass is 10.3. The molecule has 0 aromatic heterocycles. The fourth-order valence-corrected chi connectivity index (χ4v) is 4.06. The van der Waals surface area contributed by atoms with Crippen molar-refractivity contribution in [2.75, 3.05) is 26.4 Å². The van der Waals surface area contributed by atoms with Crippen LogP contribution in [0.25, 0.3) is 0 Å². The molecule has 0 radical (unpaired) electrons. The van der Waals surface area contributed by atoms with Crippen LogP contribution < -0.4 is 9.47 Å². The summed E-state index contributed by atoms with van der Waals surface area (Å²) in [6.07, 6.45) is 0. The monoisotopic (exact) mass is 474 g/mol. The van der Waals surface area contributed by atoms with E-state index in [9.17, 15) is 18.0 Å². The van der Waals surface area contributed by atoms with Crippen LogP contribution >= 0.6 is 0 Å². The van der Waals surface area contributed by atoms with E-state index in [1.165, 1.54) is 38.1 Å². The maximum absolute atomic E-state index is 13.4. The molecule has 2 aromatic rings. The summed E-state index contributed by atoms with van der Waals surface area (Å²) in [7, 11) is -4.03. The van der Waals surface area contributed by atoms with Crippen molar-refractivity contribution in [3.05, 3.63) is 72.8 Å². The van der Waals surface area contributed by atoms with E-state index in [4.69, 9.17) is 18.9 Å². The largest absolute Gasteiger partial charge is 0.489 e. The van der Waals surface area contributed by atoms with Gasteiger partial charge in [0.25, 0.3) is 0 Å². The summed E-state index contributed by atoms with van der Waals surface area (Å²) in [5.41, 5.74) is 0.507. The van der Waals surface area contributed by atoms with Gasteiger partial charge < -0.3 is 18.9 Å². The van der Waals surface area contributed by atoms with Gasteiger partial charge in [-0.25, -0.2) is 18.0 Å². The van der Waals surface area contributed by atoms with Gasteiger partial charge in [0.05, 0.1) is 0 Å². The van der Waals surface area contributed by atoms with Gasteiger partial charge in [0, 0.05) is 11.1 Å². The van der Waals surface area contributed by atoms with Crippen molar-refractivity contribution in [3.8, 4) is 11.5 Å². The molecule has 9 heteroatoms. The molecular weight excluding hydrogens is 448 g/mol. The van der Waals surface area contributed by atoms with Crippen LogP contribution in [-0.2, 0) is 28.9 Å². The zero-order chi connectivity index (χ0) is 24.4. The molecule has 176 valence electrons. The molecule has 2 rings (SSSR count). The van der Waals surface area contributed by atoms with E-state index in [1.807, 2.05) is 0 Å². The first-order valence-electron chi connectivity index (χ1n) is 9.98. The third kappa shape index (κ3) is 7.21. The number of rotatable bonds is 12. The highest BCUT2D eigenvalue weighted by Crippen LogP contribution is 2.34. The second kappa shape index (κ2) is 11.9. The van der Waals surface area contributed by atoms with Crippen molar-refractivity contribution in [1.82, 2.24) is 0 Å². The summed E-state index contributed by atoms with van der Waals surface area (Å²) in [6.45, 7) is 9.80. The Bertz CT molecular complexity index is 1050. The number of carbonyl (C=O) groups is 2. The number of hydrogen-bond donors (Lipinski definition) is 0. The Morgan fingerprint density at radius 3 is 1.42 bits per heavy atom. The number of sulfone groups is 1. The summed E-state index contributed by atoms with van der Waals surface area (Å²) in [4.78, 5) is 22.8. The van der Waals surface area contributed by atoms with Crippen LogP contribution in [-0.4, -0.2) is 46.8 Å². The molecular formula is C24H26O8S. The van der Waals surface area contributed by atoms with E-state index in [1.54, 1.807) is 24.3 Å². The van der Waals surface area contributed by atoms with Gasteiger partial charge in [-0.15, -0.1) is 0 Å². The van der Waals surface area contributed by atoms with Crippen LogP contribution in [0.3, 0.4) is 0 Å². The summed E-state index contributed by atoms with van der Waals surface area (Å²) in [6, 6.07) is 12.2. The Balaban J connectivity index is 2.15. The summed E-state index contributed by atoms with van der Waals surface area (Å²) < 4.78 is 47.8. The molecule has 0 aliphatic heterocycles. The smallest absolute Gasteiger partial charge is 0.333 e. The molecule has 0 saturated carbocycles. The van der Waals surface area contributed by atoms with Gasteiger partial charge in [0.15, 0.2) is 0 Å². The third-order valence-electron chi connectivity index (χ3n) is 4.12. The maximum Gasteiger partial charge on any atom is 0.333 e. The van der Waals surface area contributed by atoms with Gasteiger partial charge >= 0.3 is 11.9 Å². The molecule has 33 heavy (non-hydrogen) atoms. The zero-order valence-corrected chi connectivity index (χ0v) is 19.4. The standard InChI is InChI=1S/C24H26O8S/c1-17(2)23(25)31-15-13-29-19-9-5-7-11-21(19)33(27,28)22-12-8-6-10-20(22)30-14-16-32-24(26)18(3)4/h5-12H,1,3,13-16H2,2,4H3. The van der Waals surface area contributed by atoms with Crippen molar-refractivity contribution < 1.29 is 37.0 Å². The molecule has 0 spiro atoms. The predicted octanol–water partition coefficient (Wildman–Crippen LogP) is 3.52. The topological polar surface area (TPSA) is 105 Å². The van der Waals surface area contributed by atoms with E-state index in [0.717, 1.165) is 0 Å². The molecule has 2 aromatic carbocycles. The molecule has 0 unspecified atom stereocenters. The van der Waals surface area contributed by atoms with Crippen LogP contribution in [0.4, 0.5) is 0 Å². The number of para-hydroxylation sites is 2. The number of carbonyl (C=O) groups excluding carboxylic acids is 2. The van der Waals surface area contributed by atoms with Gasteiger partial charge in [-0.2, -0.15) is 0 Å². The number of ether oxygens (including phenoxy) is 4. The highest BCUT2D eigenvalue weighted by molar-refractivity contribution is 7.91. The van der Waals surface area contributed by atoms with E-state index in [-0.39, 0.29) is 58.9 Å². The fourth-order valence-electron chi connectivity index (χ4n) is 2.52. The third-order valence-corrected chi connectivity index (χ3v) is 5.95. The fraction of sp³-hybridized carbons (Fsp3) is 0.250. The predicted molar refractivity (Wildman–Crippen MR) is 121 cm³/mol. The van der Waals surface area contributed by atoms with Crippen molar-refractivity contribution in [2.45, 2.75) is 23.6 Å². The van der Waals surface area contributed by atoms with Crippen molar-refractivity contribution in [1.29, 1.82) is 0 Å². The molecule has 0 bridgehead atoms. The van der Waals surface area contributed by atoms with Gasteiger partial charge in [-0.05, 0) is 38.1 Å². The average molecular weight is 475 g/mol. The van der Waals surface area contributed by atoms with Crippen molar-refractivity contribution in [2.24, 2.45) is 0 Å². The molecule has 0 saturated heterocycles. The minimum atomic E-state index is -4.03. The first-order chi connectivity index (χ1) is 15.6. The van der Waals surface area contributed by atoms with Crippen LogP contribution in [0.2, 0.25) is 0 Å². The summed E-state index contributed by atoms with van der Waals surface area (Å²) in [5.74, 6) is -0.901. The van der Waals surface area contributed by atoms with Gasteiger partial charge in [0.1, 0.15) is 47.7 Å². The molecule has 0 aliphatic carbocycles. The molecule has 0 fully saturated rings. The lowest BCUT2D eigenvalue weighted by Crippen LogP contribution is -2.15. The van der Waals surface area contributed by atoms with Gasteiger partial charge in [0.2, 0.25) is 9.84 Å². The number of benzene rings is 2. The Labute approximate surface area is 193 Å². The van der Waals surface area contributed by atoms with E-state index in [2.05, 4.69) is 13.2 Å². The average Bonchev–Trinajstić information content (AvgIpc) is 2.79. The first-order valence-corrected chi connectivity index (χ1v) is 11.5. The van der Waals surface area contributed by atoms with Crippen LogP contribution in [0, 0.1) is 0 Å². The van der Waals surface area contributed by atoms with Crippen molar-refractivity contribution in [3.63, 3.8) is 0 Å². The Morgan fingerprint density at radius 2 is 1.06 bits per heavy atom. The lowest BCUT2D eigenvalue weighted by molar-refractivity contribution is -0.140. The van der Waals surface area contributed by atoms with Gasteiger partial charge in [-0.3, -0.25) is 0 Å². The quantitative estimate of drug-likeness (QED) is 0.261. The van der Waals surface area contributed by atoms with E-state index >= 15 is 0 Å². The minimum Gasteiger partial charge on any atom is -0.489 e. The highest BCUT2D eigenvalue weighted by Gasteiger charge is 2.25. The Hall–Kier alpha value is -3.59. The normalized spacial score (nSPS) is 10.7. The van der Waals surface area contributed by atoms with Crippen LogP contribution in [0.5, 0.6) is 11.5 Å². The molecule has 8 nitrogen and oxygen atoms in total. The van der Waals surface area contributed by atoms with Gasteiger partial charge in [-0.1, -0.05) is 37.4 Å². The summed E-state index contributed by atoms with van der Waals surface area (Å²) >= 11 is 0. The van der Waals surface area contributed by atoms with E-state index in [0.29, 0.717) is 0 Å². The Morgan fingerprint density at radius 1 is 0.697 bits per heavy atom. The zero-order valence-electron chi connectivity index (χ0n) is 18.5. The maximum atomic E-state index is 13.4. The molecule has 0 atom stereocenters. The second-order valence-electron chi connectivity index (χ2n) is 6.93. The highest BCUT2D eigenvalue weighted by atomic mass is 32.2. The minimum absolute atomic E-state index is 0.0439. The second-order valence-corrected chi connectivity index (χ2v) is 8.81. The molecule has 0 N–H and O–H groups in total. The molecule has 0 aliphatic rings. The molecule has 0 amide bonds. The Kier molecular flexibility index (Phi) is 9.23. The first kappa shape index (κ1) is 25.7. The van der Waals surface area contributed by atoms with Crippen LogP contribution in [0.15, 0.2) is 82.6 Å². The van der Waals surface area contributed by atoms with Crippen molar-refractivity contribution >= 4 is 21.8 Å². The molecule has 0 heterocycles. The number of esters is 2. The SMILES string of the molecule is C=C(C)C(=O)OCCOc1ccccc1S(=O)(=O)c1ccccc1OCCOC(=O)C(=C)C.